The van der Waals surface area contributed by atoms with Crippen LogP contribution in [-0.4, -0.2) is 28.9 Å². The van der Waals surface area contributed by atoms with Gasteiger partial charge in [0, 0.05) is 6.42 Å². The molecule has 1 unspecified atom stereocenters. The number of carboxylic acids is 1. The van der Waals surface area contributed by atoms with Gasteiger partial charge in [0.15, 0.2) is 5.54 Å². The van der Waals surface area contributed by atoms with Gasteiger partial charge in [-0.25, -0.2) is 4.79 Å². The van der Waals surface area contributed by atoms with Crippen LogP contribution in [-0.2, 0) is 17.6 Å². The quantitative estimate of drug-likeness (QED) is 0.866. The largest absolute Gasteiger partial charge is 0.493 e. The standard InChI is InChI=1S/C16H19NO3/c1-2-16(15(18)19)14(17-16)5-3-4-11-6-7-13-12(10-11)8-9-20-13/h6-7,10H,2-5,8-9H2,1H3,(H,18,19). The van der Waals surface area contributed by atoms with Crippen LogP contribution < -0.4 is 4.74 Å². The second kappa shape index (κ2) is 4.93. The van der Waals surface area contributed by atoms with Crippen LogP contribution in [0, 0.1) is 0 Å². The average Bonchev–Trinajstić information content (AvgIpc) is 2.97. The zero-order valence-corrected chi connectivity index (χ0v) is 11.7. The van der Waals surface area contributed by atoms with Crippen molar-refractivity contribution in [2.24, 2.45) is 4.99 Å². The smallest absolute Gasteiger partial charge is 0.337 e. The van der Waals surface area contributed by atoms with Gasteiger partial charge in [0.25, 0.3) is 0 Å². The predicted octanol–water partition coefficient (Wildman–Crippen LogP) is 2.63. The van der Waals surface area contributed by atoms with E-state index in [2.05, 4.69) is 17.1 Å². The van der Waals surface area contributed by atoms with Crippen LogP contribution in [0.1, 0.15) is 37.3 Å². The molecular formula is C16H19NO3. The van der Waals surface area contributed by atoms with E-state index >= 15 is 0 Å². The molecule has 0 radical (unpaired) electrons. The first-order valence-electron chi connectivity index (χ1n) is 7.23. The van der Waals surface area contributed by atoms with Crippen molar-refractivity contribution in [1.82, 2.24) is 0 Å². The molecule has 0 aliphatic carbocycles. The number of aliphatic carboxylic acids is 1. The molecule has 2 aliphatic rings. The Morgan fingerprint density at radius 3 is 3.00 bits per heavy atom. The number of carboxylic acid groups (broad SMARTS) is 1. The van der Waals surface area contributed by atoms with Crippen LogP contribution in [0.3, 0.4) is 0 Å². The van der Waals surface area contributed by atoms with Crippen molar-refractivity contribution in [3.8, 4) is 5.75 Å². The monoisotopic (exact) mass is 273 g/mol. The van der Waals surface area contributed by atoms with E-state index in [0.717, 1.165) is 43.8 Å². The summed E-state index contributed by atoms with van der Waals surface area (Å²) in [5.41, 5.74) is 2.59. The van der Waals surface area contributed by atoms with Crippen molar-refractivity contribution < 1.29 is 14.6 Å². The maximum absolute atomic E-state index is 11.2. The number of benzene rings is 1. The highest BCUT2D eigenvalue weighted by molar-refractivity contribution is 6.20. The van der Waals surface area contributed by atoms with E-state index < -0.39 is 11.5 Å². The maximum atomic E-state index is 11.2. The summed E-state index contributed by atoms with van der Waals surface area (Å²) in [6, 6.07) is 6.35. The van der Waals surface area contributed by atoms with E-state index in [1.807, 2.05) is 13.0 Å². The Hall–Kier alpha value is -1.84. The zero-order chi connectivity index (χ0) is 14.2. The molecule has 4 heteroatoms. The van der Waals surface area contributed by atoms with Crippen molar-refractivity contribution in [2.75, 3.05) is 6.61 Å². The summed E-state index contributed by atoms with van der Waals surface area (Å²) in [5, 5.41) is 9.17. The third-order valence-corrected chi connectivity index (χ3v) is 4.25. The van der Waals surface area contributed by atoms with Gasteiger partial charge in [0.05, 0.1) is 12.3 Å². The summed E-state index contributed by atoms with van der Waals surface area (Å²) in [5.74, 6) is 0.209. The highest BCUT2D eigenvalue weighted by Crippen LogP contribution is 2.35. The average molecular weight is 273 g/mol. The fraction of sp³-hybridized carbons (Fsp3) is 0.500. The van der Waals surface area contributed by atoms with E-state index in [-0.39, 0.29) is 0 Å². The van der Waals surface area contributed by atoms with Crippen LogP contribution in [0.4, 0.5) is 0 Å². The van der Waals surface area contributed by atoms with Crippen LogP contribution >= 0.6 is 0 Å². The van der Waals surface area contributed by atoms with Crippen molar-refractivity contribution >= 4 is 11.7 Å². The minimum absolute atomic E-state index is 0.563. The van der Waals surface area contributed by atoms with Gasteiger partial charge in [-0.2, -0.15) is 0 Å². The van der Waals surface area contributed by atoms with Crippen molar-refractivity contribution in [3.63, 3.8) is 0 Å². The topological polar surface area (TPSA) is 58.9 Å². The summed E-state index contributed by atoms with van der Waals surface area (Å²) in [6.45, 7) is 2.67. The van der Waals surface area contributed by atoms with Crippen molar-refractivity contribution in [1.29, 1.82) is 0 Å². The second-order valence-corrected chi connectivity index (χ2v) is 5.47. The Balaban J connectivity index is 1.52. The Kier molecular flexibility index (Phi) is 3.24. The first-order chi connectivity index (χ1) is 9.65. The molecule has 1 aromatic rings. The number of aryl methyl sites for hydroxylation is 1. The SMILES string of the molecule is CCC1(C(=O)O)N=C1CCCc1ccc2c(c1)CCO2. The summed E-state index contributed by atoms with van der Waals surface area (Å²) in [4.78, 5) is 15.3. The van der Waals surface area contributed by atoms with E-state index in [9.17, 15) is 4.79 Å². The van der Waals surface area contributed by atoms with Gasteiger partial charge in [-0.15, -0.1) is 0 Å². The molecular weight excluding hydrogens is 254 g/mol. The molecule has 0 saturated carbocycles. The molecule has 2 heterocycles. The summed E-state index contributed by atoms with van der Waals surface area (Å²) in [7, 11) is 0. The third kappa shape index (κ3) is 2.19. The summed E-state index contributed by atoms with van der Waals surface area (Å²) >= 11 is 0. The Labute approximate surface area is 118 Å². The lowest BCUT2D eigenvalue weighted by molar-refractivity contribution is -0.139. The molecule has 0 fully saturated rings. The number of fused-ring (bicyclic) bond motifs is 1. The molecule has 1 N–H and O–H groups in total. The highest BCUT2D eigenvalue weighted by atomic mass is 16.5. The lowest BCUT2D eigenvalue weighted by Gasteiger charge is -2.07. The molecule has 106 valence electrons. The van der Waals surface area contributed by atoms with Crippen LogP contribution in [0.5, 0.6) is 5.75 Å². The first-order valence-corrected chi connectivity index (χ1v) is 7.23. The summed E-state index contributed by atoms with van der Waals surface area (Å²) in [6.07, 6.45) is 4.26. The van der Waals surface area contributed by atoms with Gasteiger partial charge in [-0.3, -0.25) is 4.99 Å². The minimum Gasteiger partial charge on any atom is -0.493 e. The molecule has 0 spiro atoms. The lowest BCUT2D eigenvalue weighted by atomic mass is 9.96. The fourth-order valence-electron chi connectivity index (χ4n) is 2.93. The predicted molar refractivity (Wildman–Crippen MR) is 76.7 cm³/mol. The molecule has 3 rings (SSSR count). The Morgan fingerprint density at radius 2 is 2.30 bits per heavy atom. The van der Waals surface area contributed by atoms with Crippen LogP contribution in [0.15, 0.2) is 23.2 Å². The highest BCUT2D eigenvalue weighted by Gasteiger charge is 2.51. The van der Waals surface area contributed by atoms with Gasteiger partial charge in [0.1, 0.15) is 5.75 Å². The first kappa shape index (κ1) is 13.2. The Morgan fingerprint density at radius 1 is 1.45 bits per heavy atom. The minimum atomic E-state index is -0.855. The molecule has 20 heavy (non-hydrogen) atoms. The zero-order valence-electron chi connectivity index (χ0n) is 11.7. The molecule has 1 atom stereocenters. The van der Waals surface area contributed by atoms with E-state index in [0.29, 0.717) is 6.42 Å². The number of aliphatic imine (C=N–C) groups is 1. The molecule has 0 bridgehead atoms. The molecule has 2 aliphatic heterocycles. The van der Waals surface area contributed by atoms with E-state index in [1.165, 1.54) is 11.1 Å². The number of hydrogen-bond donors (Lipinski definition) is 1. The fourth-order valence-corrected chi connectivity index (χ4v) is 2.93. The third-order valence-electron chi connectivity index (χ3n) is 4.25. The van der Waals surface area contributed by atoms with Crippen LogP contribution in [0.25, 0.3) is 0 Å². The number of carbonyl (C=O) groups is 1. The molecule has 0 saturated heterocycles. The van der Waals surface area contributed by atoms with Crippen molar-refractivity contribution in [3.05, 3.63) is 29.3 Å². The molecule has 4 nitrogen and oxygen atoms in total. The summed E-state index contributed by atoms with van der Waals surface area (Å²) < 4.78 is 5.49. The number of hydrogen-bond acceptors (Lipinski definition) is 3. The van der Waals surface area contributed by atoms with Gasteiger partial charge in [-0.1, -0.05) is 19.1 Å². The molecule has 0 amide bonds. The van der Waals surface area contributed by atoms with Gasteiger partial charge >= 0.3 is 5.97 Å². The van der Waals surface area contributed by atoms with E-state index in [4.69, 9.17) is 9.84 Å². The second-order valence-electron chi connectivity index (χ2n) is 5.47. The number of nitrogens with zero attached hydrogens (tertiary/aromatic N) is 1. The van der Waals surface area contributed by atoms with E-state index in [1.54, 1.807) is 0 Å². The molecule has 0 aromatic heterocycles. The number of ether oxygens (including phenoxy) is 1. The lowest BCUT2D eigenvalue weighted by Crippen LogP contribution is -2.29. The molecule has 1 aromatic carbocycles. The van der Waals surface area contributed by atoms with Gasteiger partial charge < -0.3 is 9.84 Å². The van der Waals surface area contributed by atoms with Gasteiger partial charge in [0.2, 0.25) is 0 Å². The normalized spacial score (nSPS) is 22.9. The van der Waals surface area contributed by atoms with Crippen LogP contribution in [0.2, 0.25) is 0 Å². The van der Waals surface area contributed by atoms with Gasteiger partial charge in [-0.05, 0) is 42.9 Å². The number of rotatable bonds is 6. The van der Waals surface area contributed by atoms with Crippen molar-refractivity contribution in [2.45, 2.75) is 44.6 Å². The Bertz CT molecular complexity index is 579. The maximum Gasteiger partial charge on any atom is 0.337 e.